The summed E-state index contributed by atoms with van der Waals surface area (Å²) in [5, 5.41) is 7.14. The van der Waals surface area contributed by atoms with Crippen LogP contribution in [0.3, 0.4) is 0 Å². The molecule has 27 heavy (non-hydrogen) atoms. The van der Waals surface area contributed by atoms with Gasteiger partial charge in [0.25, 0.3) is 5.91 Å². The van der Waals surface area contributed by atoms with E-state index >= 15 is 0 Å². The second kappa shape index (κ2) is 8.52. The fraction of sp³-hybridized carbons (Fsp3) is 0.500. The zero-order chi connectivity index (χ0) is 18.6. The van der Waals surface area contributed by atoms with Gasteiger partial charge in [-0.15, -0.1) is 0 Å². The van der Waals surface area contributed by atoms with Crippen molar-refractivity contribution in [2.24, 2.45) is 0 Å². The van der Waals surface area contributed by atoms with Crippen LogP contribution in [0, 0.1) is 0 Å². The van der Waals surface area contributed by atoms with Crippen LogP contribution in [-0.4, -0.2) is 59.7 Å². The summed E-state index contributed by atoms with van der Waals surface area (Å²) in [5.74, 6) is 1.21. The highest BCUT2D eigenvalue weighted by Gasteiger charge is 2.30. The molecule has 7 nitrogen and oxygen atoms in total. The zero-order valence-corrected chi connectivity index (χ0v) is 16.4. The van der Waals surface area contributed by atoms with Gasteiger partial charge in [0.05, 0.1) is 12.8 Å². The van der Waals surface area contributed by atoms with E-state index in [2.05, 4.69) is 21.7 Å². The van der Waals surface area contributed by atoms with Gasteiger partial charge in [0.2, 0.25) is 0 Å². The number of thiazole rings is 1. The van der Waals surface area contributed by atoms with E-state index < -0.39 is 0 Å². The molecule has 0 saturated carbocycles. The molecule has 2 aliphatic rings. The Kier molecular flexibility index (Phi) is 5.87. The van der Waals surface area contributed by atoms with Crippen LogP contribution in [-0.2, 0) is 9.53 Å². The van der Waals surface area contributed by atoms with Crippen LogP contribution in [0.5, 0.6) is 0 Å². The van der Waals surface area contributed by atoms with Crippen molar-refractivity contribution in [3.63, 3.8) is 0 Å². The summed E-state index contributed by atoms with van der Waals surface area (Å²) < 4.78 is 6.23. The molecular formula is C18H22ClN5O2S. The number of amides is 1. The number of carbonyl (C=O) groups excluding carboxylic acids is 1. The van der Waals surface area contributed by atoms with Gasteiger partial charge in [0.15, 0.2) is 5.13 Å². The lowest BCUT2D eigenvalue weighted by Gasteiger charge is -2.35. The molecule has 1 amide bonds. The molecule has 4 heterocycles. The van der Waals surface area contributed by atoms with E-state index in [4.69, 9.17) is 21.3 Å². The van der Waals surface area contributed by atoms with Crippen LogP contribution in [0.4, 0.5) is 10.9 Å². The smallest absolute Gasteiger partial charge is 0.253 e. The molecule has 0 unspecified atom stereocenters. The number of nitrogens with zero attached hydrogens (tertiary/aromatic N) is 3. The minimum atomic E-state index is -0.342. The van der Waals surface area contributed by atoms with Crippen LogP contribution in [0.1, 0.15) is 24.5 Å². The molecule has 144 valence electrons. The monoisotopic (exact) mass is 407 g/mol. The number of pyridine rings is 1. The predicted molar refractivity (Wildman–Crippen MR) is 106 cm³/mol. The van der Waals surface area contributed by atoms with Crippen LogP contribution in [0.15, 0.2) is 24.4 Å². The largest absolute Gasteiger partial charge is 0.366 e. The summed E-state index contributed by atoms with van der Waals surface area (Å²) in [6.07, 6.45) is 3.10. The third kappa shape index (κ3) is 4.57. The predicted octanol–water partition coefficient (Wildman–Crippen LogP) is 2.63. The number of hydrogen-bond acceptors (Lipinski definition) is 7. The SMILES string of the molecule is O=C([C@@H]1CNCCO1)N1CCC(c2cccc(Nc3ncc(Cl)s3)n2)CC1. The van der Waals surface area contributed by atoms with Crippen molar-refractivity contribution in [3.8, 4) is 0 Å². The van der Waals surface area contributed by atoms with E-state index in [0.717, 1.165) is 49.1 Å². The molecule has 0 aromatic carbocycles. The quantitative estimate of drug-likeness (QED) is 0.811. The maximum Gasteiger partial charge on any atom is 0.253 e. The van der Waals surface area contributed by atoms with Crippen LogP contribution in [0.25, 0.3) is 0 Å². The minimum absolute atomic E-state index is 0.102. The van der Waals surface area contributed by atoms with Gasteiger partial charge >= 0.3 is 0 Å². The normalized spacial score (nSPS) is 21.2. The first-order valence-electron chi connectivity index (χ1n) is 9.15. The number of rotatable bonds is 4. The van der Waals surface area contributed by atoms with Crippen molar-refractivity contribution < 1.29 is 9.53 Å². The van der Waals surface area contributed by atoms with Crippen molar-refractivity contribution in [1.29, 1.82) is 0 Å². The van der Waals surface area contributed by atoms with Gasteiger partial charge in [0, 0.05) is 37.8 Å². The lowest BCUT2D eigenvalue weighted by Crippen LogP contribution is -2.51. The number of morpholine rings is 1. The van der Waals surface area contributed by atoms with Gasteiger partial charge in [-0.2, -0.15) is 0 Å². The van der Waals surface area contributed by atoms with Crippen molar-refractivity contribution in [3.05, 3.63) is 34.4 Å². The average molecular weight is 408 g/mol. The first-order valence-corrected chi connectivity index (χ1v) is 10.3. The van der Waals surface area contributed by atoms with E-state index in [1.807, 2.05) is 17.0 Å². The number of aromatic nitrogens is 2. The molecular weight excluding hydrogens is 386 g/mol. The Morgan fingerprint density at radius 1 is 1.37 bits per heavy atom. The van der Waals surface area contributed by atoms with Crippen molar-refractivity contribution >= 4 is 39.8 Å². The first kappa shape index (κ1) is 18.6. The highest BCUT2D eigenvalue weighted by atomic mass is 35.5. The molecule has 2 saturated heterocycles. The molecule has 2 aromatic heterocycles. The summed E-state index contributed by atoms with van der Waals surface area (Å²) in [7, 11) is 0. The van der Waals surface area contributed by atoms with E-state index in [9.17, 15) is 4.79 Å². The number of ether oxygens (including phenoxy) is 1. The molecule has 2 aromatic rings. The standard InChI is InChI=1S/C18H22ClN5O2S/c19-15-11-21-18(27-15)23-16-3-1-2-13(22-16)12-4-7-24(8-5-12)17(25)14-10-20-6-9-26-14/h1-3,11-12,14,20H,4-10H2,(H,21,22,23)/t14-/m0/s1. The first-order chi connectivity index (χ1) is 13.2. The Labute approximate surface area is 167 Å². The molecule has 0 aliphatic carbocycles. The van der Waals surface area contributed by atoms with Gasteiger partial charge in [-0.3, -0.25) is 4.79 Å². The highest BCUT2D eigenvalue weighted by Crippen LogP contribution is 2.29. The van der Waals surface area contributed by atoms with Gasteiger partial charge in [0.1, 0.15) is 16.3 Å². The Hall–Kier alpha value is -1.74. The van der Waals surface area contributed by atoms with Gasteiger partial charge in [-0.25, -0.2) is 9.97 Å². The summed E-state index contributed by atoms with van der Waals surface area (Å²) >= 11 is 7.31. The molecule has 0 bridgehead atoms. The van der Waals surface area contributed by atoms with Crippen molar-refractivity contribution in [1.82, 2.24) is 20.2 Å². The number of likely N-dealkylation sites (tertiary alicyclic amines) is 1. The van der Waals surface area contributed by atoms with Gasteiger partial charge in [-0.05, 0) is 25.0 Å². The number of piperidine rings is 1. The number of hydrogen-bond donors (Lipinski definition) is 2. The maximum atomic E-state index is 12.6. The highest BCUT2D eigenvalue weighted by molar-refractivity contribution is 7.19. The number of nitrogens with one attached hydrogen (secondary N) is 2. The lowest BCUT2D eigenvalue weighted by atomic mass is 9.92. The topological polar surface area (TPSA) is 79.4 Å². The van der Waals surface area contributed by atoms with Crippen LogP contribution < -0.4 is 10.6 Å². The molecule has 2 aliphatic heterocycles. The second-order valence-corrected chi connectivity index (χ2v) is 8.37. The Bertz CT molecular complexity index is 788. The average Bonchev–Trinajstić information content (AvgIpc) is 3.13. The van der Waals surface area contributed by atoms with Crippen LogP contribution >= 0.6 is 22.9 Å². The van der Waals surface area contributed by atoms with Crippen LogP contribution in [0.2, 0.25) is 4.34 Å². The molecule has 4 rings (SSSR count). The molecule has 1 atom stereocenters. The minimum Gasteiger partial charge on any atom is -0.366 e. The molecule has 9 heteroatoms. The Morgan fingerprint density at radius 2 is 2.22 bits per heavy atom. The number of anilines is 2. The fourth-order valence-corrected chi connectivity index (χ4v) is 4.31. The Morgan fingerprint density at radius 3 is 2.93 bits per heavy atom. The van der Waals surface area contributed by atoms with E-state index in [-0.39, 0.29) is 12.0 Å². The summed E-state index contributed by atoms with van der Waals surface area (Å²) in [6.45, 7) is 3.50. The van der Waals surface area contributed by atoms with Crippen molar-refractivity contribution in [2.45, 2.75) is 24.9 Å². The van der Waals surface area contributed by atoms with E-state index in [1.165, 1.54) is 11.3 Å². The van der Waals surface area contributed by atoms with E-state index in [0.29, 0.717) is 23.4 Å². The Balaban J connectivity index is 1.35. The summed E-state index contributed by atoms with van der Waals surface area (Å²) in [4.78, 5) is 23.4. The third-order valence-electron chi connectivity index (χ3n) is 4.91. The van der Waals surface area contributed by atoms with E-state index in [1.54, 1.807) is 6.20 Å². The molecule has 2 fully saturated rings. The van der Waals surface area contributed by atoms with Gasteiger partial charge < -0.3 is 20.3 Å². The van der Waals surface area contributed by atoms with Crippen molar-refractivity contribution in [2.75, 3.05) is 38.1 Å². The molecule has 0 radical (unpaired) electrons. The third-order valence-corrected chi connectivity index (χ3v) is 5.94. The lowest BCUT2D eigenvalue weighted by molar-refractivity contribution is -0.146. The summed E-state index contributed by atoms with van der Waals surface area (Å²) in [6, 6.07) is 5.97. The fourth-order valence-electron chi connectivity index (χ4n) is 3.49. The number of halogens is 1. The number of carbonyl (C=O) groups is 1. The van der Waals surface area contributed by atoms with Gasteiger partial charge in [-0.1, -0.05) is 29.0 Å². The zero-order valence-electron chi connectivity index (χ0n) is 14.9. The molecule has 2 N–H and O–H groups in total. The maximum absolute atomic E-state index is 12.6. The summed E-state index contributed by atoms with van der Waals surface area (Å²) in [5.41, 5.74) is 1.05. The molecule has 0 spiro atoms. The second-order valence-electron chi connectivity index (χ2n) is 6.71.